The molecule has 174 valence electrons. The van der Waals surface area contributed by atoms with Gasteiger partial charge in [-0.15, -0.1) is 11.3 Å². The standard InChI is InChI=1S/C26H26N4O3S/c1-15-9-10-17-22(11-15)34-26-23(17)24(27-14-28-26)29-18-12-21(33-3)19(13-20(18)32-2)30-25(31)16-7-5-4-6-8-16/h4-8,12-15H,9-11H2,1-3H3,(H,30,31)(H,27,28,29). The summed E-state index contributed by atoms with van der Waals surface area (Å²) in [5, 5.41) is 7.44. The number of amides is 1. The Kier molecular flexibility index (Phi) is 6.06. The first kappa shape index (κ1) is 22.2. The highest BCUT2D eigenvalue weighted by Gasteiger charge is 2.24. The van der Waals surface area contributed by atoms with Crippen molar-refractivity contribution in [2.45, 2.75) is 26.2 Å². The molecule has 34 heavy (non-hydrogen) atoms. The number of methoxy groups -OCH3 is 2. The van der Waals surface area contributed by atoms with E-state index in [0.29, 0.717) is 34.4 Å². The molecule has 1 unspecified atom stereocenters. The van der Waals surface area contributed by atoms with E-state index in [0.717, 1.165) is 28.9 Å². The first-order chi connectivity index (χ1) is 16.6. The van der Waals surface area contributed by atoms with Crippen molar-refractivity contribution >= 4 is 44.7 Å². The van der Waals surface area contributed by atoms with Crippen LogP contribution in [0.2, 0.25) is 0 Å². The van der Waals surface area contributed by atoms with Gasteiger partial charge in [0.05, 0.1) is 31.0 Å². The van der Waals surface area contributed by atoms with E-state index in [2.05, 4.69) is 27.5 Å². The van der Waals surface area contributed by atoms with Gasteiger partial charge in [0.1, 0.15) is 28.5 Å². The van der Waals surface area contributed by atoms with Gasteiger partial charge in [0, 0.05) is 22.6 Å². The second kappa shape index (κ2) is 9.30. The van der Waals surface area contributed by atoms with Crippen molar-refractivity contribution in [2.75, 3.05) is 24.9 Å². The second-order valence-corrected chi connectivity index (χ2v) is 9.54. The summed E-state index contributed by atoms with van der Waals surface area (Å²) in [6.45, 7) is 2.30. The highest BCUT2D eigenvalue weighted by atomic mass is 32.1. The number of aromatic nitrogens is 2. The van der Waals surface area contributed by atoms with Gasteiger partial charge in [-0.1, -0.05) is 25.1 Å². The van der Waals surface area contributed by atoms with Gasteiger partial charge in [0.2, 0.25) is 0 Å². The Bertz CT molecular complexity index is 1350. The number of ether oxygens (including phenoxy) is 2. The summed E-state index contributed by atoms with van der Waals surface area (Å²) in [5.41, 5.74) is 3.12. The fourth-order valence-electron chi connectivity index (χ4n) is 4.37. The van der Waals surface area contributed by atoms with Gasteiger partial charge in [0.15, 0.2) is 0 Å². The van der Waals surface area contributed by atoms with Crippen LogP contribution in [0.1, 0.15) is 34.1 Å². The average Bonchev–Trinajstić information content (AvgIpc) is 3.23. The molecule has 2 N–H and O–H groups in total. The average molecular weight is 475 g/mol. The normalized spacial score (nSPS) is 15.0. The van der Waals surface area contributed by atoms with Crippen LogP contribution >= 0.6 is 11.3 Å². The Hall–Kier alpha value is -3.65. The van der Waals surface area contributed by atoms with Crippen LogP contribution in [0, 0.1) is 5.92 Å². The molecule has 4 aromatic rings. The summed E-state index contributed by atoms with van der Waals surface area (Å²) < 4.78 is 11.2. The van der Waals surface area contributed by atoms with Crippen molar-refractivity contribution in [1.29, 1.82) is 0 Å². The lowest BCUT2D eigenvalue weighted by Crippen LogP contribution is -2.13. The van der Waals surface area contributed by atoms with Gasteiger partial charge >= 0.3 is 0 Å². The number of benzene rings is 2. The lowest BCUT2D eigenvalue weighted by Gasteiger charge is -2.19. The molecule has 1 aliphatic carbocycles. The number of carbonyl (C=O) groups is 1. The van der Waals surface area contributed by atoms with Crippen LogP contribution in [0.25, 0.3) is 10.2 Å². The van der Waals surface area contributed by atoms with E-state index in [1.54, 1.807) is 50.1 Å². The Morgan fingerprint density at radius 2 is 1.79 bits per heavy atom. The molecule has 0 saturated heterocycles. The van der Waals surface area contributed by atoms with Crippen molar-refractivity contribution in [2.24, 2.45) is 5.92 Å². The largest absolute Gasteiger partial charge is 0.494 e. The van der Waals surface area contributed by atoms with Crippen molar-refractivity contribution in [1.82, 2.24) is 9.97 Å². The van der Waals surface area contributed by atoms with Gasteiger partial charge < -0.3 is 20.1 Å². The number of carbonyl (C=O) groups excluding carboxylic acids is 1. The molecule has 1 amide bonds. The highest BCUT2D eigenvalue weighted by molar-refractivity contribution is 7.19. The minimum absolute atomic E-state index is 0.224. The summed E-state index contributed by atoms with van der Waals surface area (Å²) in [7, 11) is 3.17. The molecule has 8 heteroatoms. The van der Waals surface area contributed by atoms with Gasteiger partial charge in [-0.3, -0.25) is 4.79 Å². The van der Waals surface area contributed by atoms with E-state index >= 15 is 0 Å². The van der Waals surface area contributed by atoms with E-state index in [-0.39, 0.29) is 5.91 Å². The predicted molar refractivity (Wildman–Crippen MR) is 136 cm³/mol. The zero-order chi connectivity index (χ0) is 23.7. The molecule has 1 aliphatic rings. The Morgan fingerprint density at radius 1 is 1.06 bits per heavy atom. The third-order valence-electron chi connectivity index (χ3n) is 6.15. The van der Waals surface area contributed by atoms with Crippen LogP contribution in [-0.2, 0) is 12.8 Å². The smallest absolute Gasteiger partial charge is 0.255 e. The SMILES string of the molecule is COc1cc(Nc2ncnc3sc4c(c23)CCC(C)C4)c(OC)cc1NC(=O)c1ccccc1. The van der Waals surface area contributed by atoms with Crippen LogP contribution < -0.4 is 20.1 Å². The molecular weight excluding hydrogens is 448 g/mol. The van der Waals surface area contributed by atoms with Crippen molar-refractivity contribution in [3.63, 3.8) is 0 Å². The maximum atomic E-state index is 12.7. The third kappa shape index (κ3) is 4.17. The maximum Gasteiger partial charge on any atom is 0.255 e. The number of nitrogens with zero attached hydrogens (tertiary/aromatic N) is 2. The predicted octanol–water partition coefficient (Wildman–Crippen LogP) is 5.83. The van der Waals surface area contributed by atoms with Crippen molar-refractivity contribution < 1.29 is 14.3 Å². The van der Waals surface area contributed by atoms with Crippen LogP contribution in [0.5, 0.6) is 11.5 Å². The fraction of sp³-hybridized carbons (Fsp3) is 0.269. The Balaban J connectivity index is 1.50. The molecule has 0 saturated carbocycles. The summed E-state index contributed by atoms with van der Waals surface area (Å²) in [6, 6.07) is 12.6. The van der Waals surface area contributed by atoms with Gasteiger partial charge in [0.25, 0.3) is 5.91 Å². The molecule has 1 atom stereocenters. The van der Waals surface area contributed by atoms with Crippen molar-refractivity contribution in [3.8, 4) is 11.5 Å². The molecule has 0 fully saturated rings. The van der Waals surface area contributed by atoms with E-state index in [1.807, 2.05) is 24.3 Å². The minimum Gasteiger partial charge on any atom is -0.494 e. The first-order valence-corrected chi connectivity index (χ1v) is 12.0. The lowest BCUT2D eigenvalue weighted by molar-refractivity contribution is 0.102. The monoisotopic (exact) mass is 474 g/mol. The number of rotatable bonds is 6. The van der Waals surface area contributed by atoms with Crippen LogP contribution in [0.3, 0.4) is 0 Å². The van der Waals surface area contributed by atoms with Crippen LogP contribution in [-0.4, -0.2) is 30.1 Å². The maximum absolute atomic E-state index is 12.7. The van der Waals surface area contributed by atoms with Gasteiger partial charge in [-0.2, -0.15) is 0 Å². The molecule has 0 bridgehead atoms. The summed E-state index contributed by atoms with van der Waals surface area (Å²) >= 11 is 1.76. The number of fused-ring (bicyclic) bond motifs is 3. The molecule has 2 heterocycles. The van der Waals surface area contributed by atoms with Crippen LogP contribution in [0.4, 0.5) is 17.2 Å². The molecule has 7 nitrogen and oxygen atoms in total. The number of hydrogen-bond acceptors (Lipinski definition) is 7. The number of anilines is 3. The molecule has 5 rings (SSSR count). The Morgan fingerprint density at radius 3 is 2.56 bits per heavy atom. The minimum atomic E-state index is -0.224. The first-order valence-electron chi connectivity index (χ1n) is 11.2. The fourth-order valence-corrected chi connectivity index (χ4v) is 5.72. The zero-order valence-electron chi connectivity index (χ0n) is 19.3. The van der Waals surface area contributed by atoms with E-state index in [4.69, 9.17) is 9.47 Å². The summed E-state index contributed by atoms with van der Waals surface area (Å²) in [6.07, 6.45) is 4.88. The molecule has 0 radical (unpaired) electrons. The van der Waals surface area contributed by atoms with Gasteiger partial charge in [-0.05, 0) is 42.9 Å². The second-order valence-electron chi connectivity index (χ2n) is 8.45. The molecule has 0 spiro atoms. The van der Waals surface area contributed by atoms with E-state index in [9.17, 15) is 4.79 Å². The lowest BCUT2D eigenvalue weighted by atomic mass is 9.89. The van der Waals surface area contributed by atoms with Gasteiger partial charge in [-0.25, -0.2) is 9.97 Å². The quantitative estimate of drug-likeness (QED) is 0.366. The molecular formula is C26H26N4O3S. The summed E-state index contributed by atoms with van der Waals surface area (Å²) in [4.78, 5) is 24.2. The number of nitrogens with one attached hydrogen (secondary N) is 2. The number of thiophene rings is 1. The molecule has 2 aromatic heterocycles. The third-order valence-corrected chi connectivity index (χ3v) is 7.31. The molecule has 0 aliphatic heterocycles. The topological polar surface area (TPSA) is 85.4 Å². The van der Waals surface area contributed by atoms with E-state index in [1.165, 1.54) is 16.9 Å². The van der Waals surface area contributed by atoms with E-state index < -0.39 is 0 Å². The van der Waals surface area contributed by atoms with Crippen molar-refractivity contribution in [3.05, 3.63) is 64.8 Å². The zero-order valence-corrected chi connectivity index (χ0v) is 20.2. The summed E-state index contributed by atoms with van der Waals surface area (Å²) in [5.74, 6) is 2.29. The number of aryl methyl sites for hydroxylation is 1. The highest BCUT2D eigenvalue weighted by Crippen LogP contribution is 2.42. The van der Waals surface area contributed by atoms with Crippen LogP contribution in [0.15, 0.2) is 48.8 Å². The molecule has 2 aromatic carbocycles. The number of hydrogen-bond donors (Lipinski definition) is 2. The Labute approximate surface area is 202 Å².